The number of Topliss-reactive ketones (excluding diaryl/α,β-unsaturated/α-hetero) is 1. The van der Waals surface area contributed by atoms with E-state index in [1.165, 1.54) is 29.5 Å². The summed E-state index contributed by atoms with van der Waals surface area (Å²) in [5, 5.41) is 0. The van der Waals surface area contributed by atoms with E-state index in [0.717, 1.165) is 0 Å². The molecule has 1 atom stereocenters. The first-order chi connectivity index (χ1) is 7.56. The van der Waals surface area contributed by atoms with E-state index in [0.29, 0.717) is 18.1 Å². The lowest BCUT2D eigenvalue weighted by molar-refractivity contribution is -0.122. The Hall–Kier alpha value is -1.11. The summed E-state index contributed by atoms with van der Waals surface area (Å²) in [7, 11) is 0. The molecule has 0 spiro atoms. The van der Waals surface area contributed by atoms with Crippen LogP contribution in [0.5, 0.6) is 0 Å². The summed E-state index contributed by atoms with van der Waals surface area (Å²) in [6.45, 7) is 6.26. The Bertz CT molecular complexity index is 382. The van der Waals surface area contributed by atoms with Gasteiger partial charge < -0.3 is 0 Å². The van der Waals surface area contributed by atoms with E-state index in [9.17, 15) is 4.79 Å². The van der Waals surface area contributed by atoms with Gasteiger partial charge in [0, 0.05) is 12.3 Å². The lowest BCUT2D eigenvalue weighted by atomic mass is 9.94. The van der Waals surface area contributed by atoms with E-state index in [-0.39, 0.29) is 5.92 Å². The van der Waals surface area contributed by atoms with E-state index >= 15 is 0 Å². The second-order valence-electron chi connectivity index (χ2n) is 5.27. The normalized spacial score (nSPS) is 17.2. The van der Waals surface area contributed by atoms with Crippen LogP contribution in [0, 0.1) is 25.7 Å². The molecule has 2 rings (SSSR count). The fourth-order valence-electron chi connectivity index (χ4n) is 2.39. The van der Waals surface area contributed by atoms with E-state index < -0.39 is 0 Å². The minimum Gasteiger partial charge on any atom is -0.299 e. The summed E-state index contributed by atoms with van der Waals surface area (Å²) in [6.07, 6.45) is 3.11. The summed E-state index contributed by atoms with van der Waals surface area (Å²) in [5.74, 6) is 1.35. The van der Waals surface area contributed by atoms with Gasteiger partial charge in [0.15, 0.2) is 0 Å². The third-order valence-electron chi connectivity index (χ3n) is 3.50. The molecule has 0 heterocycles. The second kappa shape index (κ2) is 4.40. The fraction of sp³-hybridized carbons (Fsp3) is 0.533. The minimum absolute atomic E-state index is 0.265. The van der Waals surface area contributed by atoms with Crippen LogP contribution in [0.2, 0.25) is 0 Å². The van der Waals surface area contributed by atoms with Crippen molar-refractivity contribution in [3.63, 3.8) is 0 Å². The zero-order valence-electron chi connectivity index (χ0n) is 10.4. The summed E-state index contributed by atoms with van der Waals surface area (Å²) in [6, 6.07) is 6.41. The van der Waals surface area contributed by atoms with Gasteiger partial charge in [-0.05, 0) is 38.2 Å². The highest BCUT2D eigenvalue weighted by Crippen LogP contribution is 2.37. The first-order valence-electron chi connectivity index (χ1n) is 6.16. The molecule has 1 aromatic rings. The van der Waals surface area contributed by atoms with Crippen LogP contribution in [-0.2, 0) is 11.2 Å². The van der Waals surface area contributed by atoms with Crippen LogP contribution < -0.4 is 0 Å². The van der Waals surface area contributed by atoms with Gasteiger partial charge in [0.2, 0.25) is 0 Å². The molecule has 1 fully saturated rings. The molecule has 1 nitrogen and oxygen atoms in total. The van der Waals surface area contributed by atoms with Gasteiger partial charge in [-0.15, -0.1) is 0 Å². The average Bonchev–Trinajstić information content (AvgIpc) is 2.97. The van der Waals surface area contributed by atoms with Gasteiger partial charge in [0.1, 0.15) is 5.78 Å². The van der Waals surface area contributed by atoms with Crippen LogP contribution in [0.4, 0.5) is 0 Å². The monoisotopic (exact) mass is 216 g/mol. The Morgan fingerprint density at radius 2 is 1.81 bits per heavy atom. The Kier molecular flexibility index (Phi) is 3.13. The molecule has 0 bridgehead atoms. The smallest absolute Gasteiger partial charge is 0.140 e. The molecular weight excluding hydrogens is 196 g/mol. The van der Waals surface area contributed by atoms with Crippen molar-refractivity contribution >= 4 is 5.78 Å². The maximum absolute atomic E-state index is 12.0. The van der Waals surface area contributed by atoms with Gasteiger partial charge in [-0.2, -0.15) is 0 Å². The van der Waals surface area contributed by atoms with Crippen molar-refractivity contribution in [2.45, 2.75) is 40.0 Å². The van der Waals surface area contributed by atoms with Crippen molar-refractivity contribution in [3.8, 4) is 0 Å². The first-order valence-corrected chi connectivity index (χ1v) is 6.16. The molecule has 1 saturated carbocycles. The number of carbonyl (C=O) groups is 1. The number of aryl methyl sites for hydroxylation is 2. The number of carbonyl (C=O) groups excluding carboxylic acids is 1. The molecule has 0 N–H and O–H groups in total. The quantitative estimate of drug-likeness (QED) is 0.753. The molecule has 1 aliphatic rings. The second-order valence-corrected chi connectivity index (χ2v) is 5.27. The molecule has 1 heteroatoms. The van der Waals surface area contributed by atoms with Crippen molar-refractivity contribution in [1.29, 1.82) is 0 Å². The topological polar surface area (TPSA) is 17.1 Å². The molecule has 0 aliphatic heterocycles. The molecule has 0 amide bonds. The highest BCUT2D eigenvalue weighted by molar-refractivity contribution is 5.83. The van der Waals surface area contributed by atoms with E-state index in [1.807, 2.05) is 0 Å². The lowest BCUT2D eigenvalue weighted by Crippen LogP contribution is -2.15. The third-order valence-corrected chi connectivity index (χ3v) is 3.50. The van der Waals surface area contributed by atoms with Crippen molar-refractivity contribution in [1.82, 2.24) is 0 Å². The Balaban J connectivity index is 2.04. The summed E-state index contributed by atoms with van der Waals surface area (Å²) in [4.78, 5) is 12.0. The zero-order valence-corrected chi connectivity index (χ0v) is 10.4. The molecule has 0 saturated heterocycles. The van der Waals surface area contributed by atoms with Gasteiger partial charge in [0.25, 0.3) is 0 Å². The summed E-state index contributed by atoms with van der Waals surface area (Å²) in [5.41, 5.74) is 3.68. The molecule has 0 radical (unpaired) electrons. The van der Waals surface area contributed by atoms with Gasteiger partial charge in [0.05, 0.1) is 0 Å². The molecule has 1 aromatic carbocycles. The molecule has 1 unspecified atom stereocenters. The summed E-state index contributed by atoms with van der Waals surface area (Å²) < 4.78 is 0. The number of rotatable bonds is 4. The molecular formula is C15H20O. The number of hydrogen-bond acceptors (Lipinski definition) is 1. The van der Waals surface area contributed by atoms with E-state index in [2.05, 4.69) is 39.0 Å². The van der Waals surface area contributed by atoms with E-state index in [4.69, 9.17) is 0 Å². The molecule has 1 aliphatic carbocycles. The van der Waals surface area contributed by atoms with Crippen molar-refractivity contribution in [3.05, 3.63) is 34.9 Å². The number of benzene rings is 1. The van der Waals surface area contributed by atoms with Crippen LogP contribution in [-0.4, -0.2) is 5.78 Å². The van der Waals surface area contributed by atoms with Gasteiger partial charge in [-0.1, -0.05) is 36.2 Å². The minimum atomic E-state index is 0.265. The average molecular weight is 216 g/mol. The van der Waals surface area contributed by atoms with Gasteiger partial charge in [-0.25, -0.2) is 0 Å². The van der Waals surface area contributed by atoms with Crippen LogP contribution in [0.3, 0.4) is 0 Å². The standard InChI is InChI=1S/C15H20O/c1-10-6-11(2)8-13(7-10)9-15(16)12(3)14-4-5-14/h6-8,12,14H,4-5,9H2,1-3H3. The largest absolute Gasteiger partial charge is 0.299 e. The predicted molar refractivity (Wildman–Crippen MR) is 66.5 cm³/mol. The maximum atomic E-state index is 12.0. The van der Waals surface area contributed by atoms with Crippen molar-refractivity contribution in [2.24, 2.45) is 11.8 Å². The Morgan fingerprint density at radius 3 is 2.31 bits per heavy atom. The van der Waals surface area contributed by atoms with Crippen molar-refractivity contribution < 1.29 is 4.79 Å². The third kappa shape index (κ3) is 2.72. The van der Waals surface area contributed by atoms with Gasteiger partial charge >= 0.3 is 0 Å². The van der Waals surface area contributed by atoms with E-state index in [1.54, 1.807) is 0 Å². The predicted octanol–water partition coefficient (Wildman–Crippen LogP) is 3.46. The van der Waals surface area contributed by atoms with Gasteiger partial charge in [-0.3, -0.25) is 4.79 Å². The first kappa shape index (κ1) is 11.4. The summed E-state index contributed by atoms with van der Waals surface area (Å²) >= 11 is 0. The molecule has 16 heavy (non-hydrogen) atoms. The van der Waals surface area contributed by atoms with Crippen LogP contribution in [0.1, 0.15) is 36.5 Å². The lowest BCUT2D eigenvalue weighted by Gasteiger charge is -2.09. The van der Waals surface area contributed by atoms with Crippen LogP contribution in [0.15, 0.2) is 18.2 Å². The number of hydrogen-bond donors (Lipinski definition) is 0. The molecule has 0 aromatic heterocycles. The maximum Gasteiger partial charge on any atom is 0.140 e. The zero-order chi connectivity index (χ0) is 11.7. The van der Waals surface area contributed by atoms with Crippen LogP contribution >= 0.6 is 0 Å². The van der Waals surface area contributed by atoms with Crippen LogP contribution in [0.25, 0.3) is 0 Å². The Labute approximate surface area is 97.9 Å². The SMILES string of the molecule is Cc1cc(C)cc(CC(=O)C(C)C2CC2)c1. The van der Waals surface area contributed by atoms with Crippen molar-refractivity contribution in [2.75, 3.05) is 0 Å². The highest BCUT2D eigenvalue weighted by Gasteiger charge is 2.32. The highest BCUT2D eigenvalue weighted by atomic mass is 16.1. The Morgan fingerprint density at radius 1 is 1.25 bits per heavy atom. The fourth-order valence-corrected chi connectivity index (χ4v) is 2.39. The molecule has 86 valence electrons. The number of ketones is 1.